The van der Waals surface area contributed by atoms with E-state index >= 15 is 0 Å². The zero-order valence-electron chi connectivity index (χ0n) is 15.7. The molecule has 0 fully saturated rings. The number of aromatic nitrogens is 1. The Morgan fingerprint density at radius 2 is 2.04 bits per heavy atom. The van der Waals surface area contributed by atoms with Crippen LogP contribution >= 0.6 is 22.9 Å². The Kier molecular flexibility index (Phi) is 6.16. The van der Waals surface area contributed by atoms with Crippen molar-refractivity contribution in [3.8, 4) is 10.8 Å². The highest BCUT2D eigenvalue weighted by Gasteiger charge is 2.16. The van der Waals surface area contributed by atoms with Crippen LogP contribution in [0, 0.1) is 6.92 Å². The Hall–Kier alpha value is -2.64. The Balaban J connectivity index is 1.72. The number of carbonyl (C=O) groups is 2. The second kappa shape index (κ2) is 8.58. The number of amides is 2. The van der Waals surface area contributed by atoms with Gasteiger partial charge in [0.2, 0.25) is 5.91 Å². The van der Waals surface area contributed by atoms with Gasteiger partial charge in [-0.1, -0.05) is 11.6 Å². The Morgan fingerprint density at radius 3 is 2.71 bits per heavy atom. The number of rotatable bonds is 6. The van der Waals surface area contributed by atoms with Gasteiger partial charge >= 0.3 is 0 Å². The molecule has 3 rings (SSSR count). The minimum absolute atomic E-state index is 0.0228. The lowest BCUT2D eigenvalue weighted by Crippen LogP contribution is -2.31. The molecule has 1 aromatic carbocycles. The third-order valence-electron chi connectivity index (χ3n) is 3.76. The summed E-state index contributed by atoms with van der Waals surface area (Å²) in [5.74, 6) is 0.925. The molecular weight excluding hydrogens is 398 g/mol. The predicted molar refractivity (Wildman–Crippen MR) is 111 cm³/mol. The molecular formula is C20H20ClN3O3S. The lowest BCUT2D eigenvalue weighted by Gasteiger charge is -2.13. The fourth-order valence-electron chi connectivity index (χ4n) is 2.57. The van der Waals surface area contributed by atoms with Gasteiger partial charge in [-0.3, -0.25) is 9.59 Å². The normalized spacial score (nSPS) is 10.9. The van der Waals surface area contributed by atoms with Crippen molar-refractivity contribution in [2.24, 2.45) is 0 Å². The highest BCUT2D eigenvalue weighted by Crippen LogP contribution is 2.26. The van der Waals surface area contributed by atoms with Crippen molar-refractivity contribution in [2.45, 2.75) is 33.2 Å². The van der Waals surface area contributed by atoms with Crippen molar-refractivity contribution in [1.29, 1.82) is 0 Å². The van der Waals surface area contributed by atoms with E-state index in [4.69, 9.17) is 16.0 Å². The topological polar surface area (TPSA) is 84.2 Å². The van der Waals surface area contributed by atoms with Crippen LogP contribution in [0.1, 0.15) is 35.7 Å². The van der Waals surface area contributed by atoms with Gasteiger partial charge in [0, 0.05) is 16.4 Å². The molecule has 0 spiro atoms. The van der Waals surface area contributed by atoms with Gasteiger partial charge in [-0.2, -0.15) is 0 Å². The SMILES string of the molecule is Cc1ccc(-c2nc(CC(=O)Nc3cc(Cl)ccc3C(=O)NC(C)C)cs2)o1. The number of aryl methyl sites for hydroxylation is 1. The zero-order valence-corrected chi connectivity index (χ0v) is 17.3. The molecule has 0 aliphatic rings. The zero-order chi connectivity index (χ0) is 20.3. The van der Waals surface area contributed by atoms with Gasteiger partial charge in [-0.05, 0) is 51.1 Å². The average Bonchev–Trinajstić information content (AvgIpc) is 3.23. The van der Waals surface area contributed by atoms with Gasteiger partial charge in [-0.15, -0.1) is 11.3 Å². The number of benzene rings is 1. The average molecular weight is 418 g/mol. The summed E-state index contributed by atoms with van der Waals surface area (Å²) in [6.07, 6.45) is 0.0773. The summed E-state index contributed by atoms with van der Waals surface area (Å²) in [6.45, 7) is 5.60. The first-order chi connectivity index (χ1) is 13.3. The smallest absolute Gasteiger partial charge is 0.253 e. The molecule has 8 heteroatoms. The standard InChI is InChI=1S/C20H20ClN3O3S/c1-11(2)22-19(26)15-6-5-13(21)8-16(15)24-18(25)9-14-10-28-20(23-14)17-7-4-12(3)27-17/h4-8,10-11H,9H2,1-3H3,(H,22,26)(H,24,25). The molecule has 2 heterocycles. The summed E-state index contributed by atoms with van der Waals surface area (Å²) in [6, 6.07) is 8.47. The number of nitrogens with zero attached hydrogens (tertiary/aromatic N) is 1. The monoisotopic (exact) mass is 417 g/mol. The van der Waals surface area contributed by atoms with Crippen LogP contribution in [-0.4, -0.2) is 22.8 Å². The molecule has 0 aliphatic carbocycles. The summed E-state index contributed by atoms with van der Waals surface area (Å²) in [4.78, 5) is 29.3. The third-order valence-corrected chi connectivity index (χ3v) is 4.91. The Labute approximate surface area is 171 Å². The molecule has 0 radical (unpaired) electrons. The number of anilines is 1. The fourth-order valence-corrected chi connectivity index (χ4v) is 3.52. The van der Waals surface area contributed by atoms with Crippen molar-refractivity contribution in [1.82, 2.24) is 10.3 Å². The number of furan rings is 1. The third kappa shape index (κ3) is 4.99. The number of halogens is 1. The first-order valence-electron chi connectivity index (χ1n) is 8.73. The second-order valence-electron chi connectivity index (χ2n) is 6.60. The van der Waals surface area contributed by atoms with Crippen LogP contribution in [0.4, 0.5) is 5.69 Å². The Morgan fingerprint density at radius 1 is 1.25 bits per heavy atom. The maximum absolute atomic E-state index is 12.5. The number of thiazole rings is 1. The van der Waals surface area contributed by atoms with Crippen LogP contribution in [0.15, 0.2) is 40.1 Å². The van der Waals surface area contributed by atoms with E-state index in [1.165, 1.54) is 11.3 Å². The molecule has 6 nitrogen and oxygen atoms in total. The fraction of sp³-hybridized carbons (Fsp3) is 0.250. The summed E-state index contributed by atoms with van der Waals surface area (Å²) in [7, 11) is 0. The lowest BCUT2D eigenvalue weighted by molar-refractivity contribution is -0.115. The van der Waals surface area contributed by atoms with Crippen LogP contribution in [0.5, 0.6) is 0 Å². The molecule has 2 N–H and O–H groups in total. The molecule has 0 aliphatic heterocycles. The predicted octanol–water partition coefficient (Wildman–Crippen LogP) is 4.68. The van der Waals surface area contributed by atoms with E-state index in [9.17, 15) is 9.59 Å². The van der Waals surface area contributed by atoms with Gasteiger partial charge in [0.05, 0.1) is 23.4 Å². The molecule has 0 unspecified atom stereocenters. The summed E-state index contributed by atoms with van der Waals surface area (Å²) in [5, 5.41) is 8.54. The molecule has 0 saturated heterocycles. The summed E-state index contributed by atoms with van der Waals surface area (Å²) in [5.41, 5.74) is 1.35. The quantitative estimate of drug-likeness (QED) is 0.609. The molecule has 0 saturated carbocycles. The number of nitrogens with one attached hydrogen (secondary N) is 2. The number of hydrogen-bond acceptors (Lipinski definition) is 5. The van der Waals surface area contributed by atoms with Crippen LogP contribution in [0.2, 0.25) is 5.02 Å². The van der Waals surface area contributed by atoms with E-state index in [0.717, 1.165) is 10.8 Å². The molecule has 28 heavy (non-hydrogen) atoms. The van der Waals surface area contributed by atoms with E-state index in [2.05, 4.69) is 15.6 Å². The van der Waals surface area contributed by atoms with Crippen molar-refractivity contribution in [2.75, 3.05) is 5.32 Å². The largest absolute Gasteiger partial charge is 0.459 e. The number of hydrogen-bond donors (Lipinski definition) is 2. The highest BCUT2D eigenvalue weighted by molar-refractivity contribution is 7.13. The van der Waals surface area contributed by atoms with Gasteiger partial charge in [0.15, 0.2) is 10.8 Å². The maximum atomic E-state index is 12.5. The molecule has 3 aromatic rings. The number of carbonyl (C=O) groups excluding carboxylic acids is 2. The van der Waals surface area contributed by atoms with Crippen LogP contribution in [-0.2, 0) is 11.2 Å². The minimum Gasteiger partial charge on any atom is -0.459 e. The summed E-state index contributed by atoms with van der Waals surface area (Å²) >= 11 is 7.45. The van der Waals surface area contributed by atoms with Crippen LogP contribution in [0.3, 0.4) is 0 Å². The van der Waals surface area contributed by atoms with Gasteiger partial charge in [0.1, 0.15) is 5.76 Å². The van der Waals surface area contributed by atoms with Crippen molar-refractivity contribution >= 4 is 40.4 Å². The minimum atomic E-state index is -0.284. The van der Waals surface area contributed by atoms with Crippen molar-refractivity contribution < 1.29 is 14.0 Å². The highest BCUT2D eigenvalue weighted by atomic mass is 35.5. The van der Waals surface area contributed by atoms with E-state index in [-0.39, 0.29) is 24.3 Å². The molecule has 2 aromatic heterocycles. The first kappa shape index (κ1) is 20.1. The lowest BCUT2D eigenvalue weighted by atomic mass is 10.1. The first-order valence-corrected chi connectivity index (χ1v) is 9.99. The molecule has 2 amide bonds. The van der Waals surface area contributed by atoms with Crippen molar-refractivity contribution in [3.05, 3.63) is 57.8 Å². The summed E-state index contributed by atoms with van der Waals surface area (Å²) < 4.78 is 5.56. The van der Waals surface area contributed by atoms with Gasteiger partial charge in [0.25, 0.3) is 5.91 Å². The van der Waals surface area contributed by atoms with Gasteiger partial charge in [-0.25, -0.2) is 4.98 Å². The van der Waals surface area contributed by atoms with E-state index < -0.39 is 0 Å². The Bertz CT molecular complexity index is 1010. The molecule has 0 atom stereocenters. The second-order valence-corrected chi connectivity index (χ2v) is 7.89. The van der Waals surface area contributed by atoms with E-state index in [1.807, 2.05) is 38.3 Å². The molecule has 146 valence electrons. The molecule has 0 bridgehead atoms. The van der Waals surface area contributed by atoms with Crippen LogP contribution < -0.4 is 10.6 Å². The van der Waals surface area contributed by atoms with E-state index in [1.54, 1.807) is 18.2 Å². The van der Waals surface area contributed by atoms with Gasteiger partial charge < -0.3 is 15.1 Å². The maximum Gasteiger partial charge on any atom is 0.253 e. The van der Waals surface area contributed by atoms with E-state index in [0.29, 0.717) is 27.7 Å². The van der Waals surface area contributed by atoms with Crippen LogP contribution in [0.25, 0.3) is 10.8 Å². The van der Waals surface area contributed by atoms with Crippen molar-refractivity contribution in [3.63, 3.8) is 0 Å².